The molecule has 0 bridgehead atoms. The van der Waals surface area contributed by atoms with Crippen LogP contribution in [0.1, 0.15) is 31.9 Å². The largest absolute Gasteiger partial charge is 0.405 e. The van der Waals surface area contributed by atoms with E-state index in [2.05, 4.69) is 20.6 Å². The number of H-pyrrole nitrogens is 1. The first-order valence-electron chi connectivity index (χ1n) is 10.1. The summed E-state index contributed by atoms with van der Waals surface area (Å²) in [7, 11) is 0. The molecule has 0 aliphatic carbocycles. The van der Waals surface area contributed by atoms with Crippen LogP contribution in [0.25, 0.3) is 11.0 Å². The van der Waals surface area contributed by atoms with Crippen LogP contribution in [0.15, 0.2) is 47.7 Å². The van der Waals surface area contributed by atoms with Gasteiger partial charge in [0.2, 0.25) is 5.91 Å². The number of amides is 1. The van der Waals surface area contributed by atoms with Crippen LogP contribution >= 0.6 is 0 Å². The van der Waals surface area contributed by atoms with E-state index in [1.807, 2.05) is 17.4 Å². The summed E-state index contributed by atoms with van der Waals surface area (Å²) in [5.41, 5.74) is -0.104. The van der Waals surface area contributed by atoms with Crippen molar-refractivity contribution >= 4 is 28.5 Å². The minimum Gasteiger partial charge on any atom is -0.357 e. The molecule has 0 spiro atoms. The van der Waals surface area contributed by atoms with E-state index in [1.54, 1.807) is 25.3 Å². The number of aromatic amines is 1. The lowest BCUT2D eigenvalue weighted by atomic mass is 9.96. The molecule has 0 saturated heterocycles. The number of nitrogens with one attached hydrogen (secondary N) is 4. The molecule has 0 fully saturated rings. The summed E-state index contributed by atoms with van der Waals surface area (Å²) >= 11 is 0. The normalized spacial score (nSPS) is 18.3. The molecule has 1 aromatic carbocycles. The maximum absolute atomic E-state index is 13.9. The van der Waals surface area contributed by atoms with Gasteiger partial charge in [0, 0.05) is 28.4 Å². The number of hydrogen-bond acceptors (Lipinski definition) is 5. The number of rotatable bonds is 4. The van der Waals surface area contributed by atoms with Crippen LogP contribution < -0.4 is 16.0 Å². The highest BCUT2D eigenvalue weighted by Gasteiger charge is 2.38. The fraction of sp³-hybridized carbons (Fsp3) is 0.318. The molecule has 3 heterocycles. The highest BCUT2D eigenvalue weighted by Crippen LogP contribution is 2.37. The smallest absolute Gasteiger partial charge is 0.357 e. The van der Waals surface area contributed by atoms with Crippen molar-refractivity contribution in [3.63, 3.8) is 0 Å². The summed E-state index contributed by atoms with van der Waals surface area (Å²) in [6.45, 7) is 3.27. The number of fused-ring (bicyclic) bond motifs is 2. The van der Waals surface area contributed by atoms with Crippen molar-refractivity contribution in [2.75, 3.05) is 11.9 Å². The van der Waals surface area contributed by atoms with Crippen LogP contribution in [-0.2, 0) is 10.5 Å². The summed E-state index contributed by atoms with van der Waals surface area (Å²) in [4.78, 5) is 24.3. The second-order valence-corrected chi connectivity index (χ2v) is 8.50. The maximum Gasteiger partial charge on any atom is 0.405 e. The lowest BCUT2D eigenvalue weighted by Gasteiger charge is -2.37. The molecular weight excluding hydrogens is 440 g/mol. The number of hydrogen-bond donors (Lipinski definition) is 4. The van der Waals surface area contributed by atoms with Crippen molar-refractivity contribution in [3.8, 4) is 0 Å². The van der Waals surface area contributed by atoms with Gasteiger partial charge in [-0.05, 0) is 39.0 Å². The fourth-order valence-electron chi connectivity index (χ4n) is 3.73. The van der Waals surface area contributed by atoms with E-state index in [0.717, 1.165) is 6.20 Å². The van der Waals surface area contributed by atoms with Gasteiger partial charge in [0.15, 0.2) is 5.66 Å². The highest BCUT2D eigenvalue weighted by atomic mass is 19.4. The molecule has 0 saturated carbocycles. The van der Waals surface area contributed by atoms with E-state index in [4.69, 9.17) is 4.99 Å². The summed E-state index contributed by atoms with van der Waals surface area (Å²) in [6, 6.07) is 8.52. The molecule has 2 aromatic heterocycles. The summed E-state index contributed by atoms with van der Waals surface area (Å²) in [5, 5.41) is 8.75. The third-order valence-electron chi connectivity index (χ3n) is 5.37. The summed E-state index contributed by atoms with van der Waals surface area (Å²) in [6.07, 6.45) is -1.75. The number of carbonyl (C=O) groups is 1. The number of aromatic nitrogens is 2. The second-order valence-electron chi connectivity index (χ2n) is 8.50. The van der Waals surface area contributed by atoms with Gasteiger partial charge in [0.05, 0.1) is 6.20 Å². The molecule has 4 rings (SSSR count). The molecule has 33 heavy (non-hydrogen) atoms. The van der Waals surface area contributed by atoms with Crippen LogP contribution in [0.2, 0.25) is 0 Å². The van der Waals surface area contributed by atoms with E-state index in [9.17, 15) is 22.4 Å². The summed E-state index contributed by atoms with van der Waals surface area (Å²) in [5.74, 6) is -1.04. The average molecular weight is 462 g/mol. The zero-order valence-electron chi connectivity index (χ0n) is 18.1. The quantitative estimate of drug-likeness (QED) is 0.444. The molecule has 1 amide bonds. The maximum atomic E-state index is 13.9. The van der Waals surface area contributed by atoms with Crippen molar-refractivity contribution in [2.45, 2.75) is 38.1 Å². The number of amidine groups is 1. The highest BCUT2D eigenvalue weighted by molar-refractivity contribution is 6.08. The zero-order chi connectivity index (χ0) is 24.0. The molecule has 0 radical (unpaired) electrons. The first-order chi connectivity index (χ1) is 15.4. The lowest BCUT2D eigenvalue weighted by molar-refractivity contribution is -0.141. The number of carbonyl (C=O) groups excluding carboxylic acids is 1. The van der Waals surface area contributed by atoms with E-state index >= 15 is 0 Å². The van der Waals surface area contributed by atoms with Crippen molar-refractivity contribution in [1.29, 1.82) is 0 Å². The fourth-order valence-corrected chi connectivity index (χ4v) is 3.73. The van der Waals surface area contributed by atoms with Gasteiger partial charge in [-0.15, -0.1) is 0 Å². The van der Waals surface area contributed by atoms with Crippen molar-refractivity contribution in [3.05, 3.63) is 59.7 Å². The van der Waals surface area contributed by atoms with E-state index in [0.29, 0.717) is 33.7 Å². The number of aliphatic imine (C=N–C) groups is 1. The number of anilines is 1. The molecule has 11 heteroatoms. The summed E-state index contributed by atoms with van der Waals surface area (Å²) < 4.78 is 51.6. The third kappa shape index (κ3) is 4.48. The molecule has 174 valence electrons. The predicted molar refractivity (Wildman–Crippen MR) is 116 cm³/mol. The molecule has 1 aliphatic heterocycles. The van der Waals surface area contributed by atoms with Gasteiger partial charge in [-0.1, -0.05) is 12.1 Å². The SMILES string of the molecule is CC(C)(NC1=NC(C)(c2c[nH]c3ncc(F)cc23)Nc2ccccc21)C(=O)NCC(F)(F)F. The Morgan fingerprint density at radius 2 is 1.94 bits per heavy atom. The first-order valence-corrected chi connectivity index (χ1v) is 10.1. The molecule has 4 N–H and O–H groups in total. The Hall–Kier alpha value is -3.63. The molecule has 1 unspecified atom stereocenters. The Bertz CT molecular complexity index is 1250. The predicted octanol–water partition coefficient (Wildman–Crippen LogP) is 3.79. The minimum absolute atomic E-state index is 0.303. The number of pyridine rings is 1. The average Bonchev–Trinajstić information content (AvgIpc) is 3.15. The van der Waals surface area contributed by atoms with Crippen LogP contribution in [0.3, 0.4) is 0 Å². The second kappa shape index (κ2) is 7.75. The van der Waals surface area contributed by atoms with Gasteiger partial charge in [0.25, 0.3) is 0 Å². The Labute approximate surface area is 186 Å². The van der Waals surface area contributed by atoms with Gasteiger partial charge in [-0.25, -0.2) is 14.4 Å². The standard InChI is InChI=1S/C22H22F4N6O/c1-20(2,19(33)29-11-22(24,25)26)31-18-13-6-4-5-7-16(13)30-21(3,32-18)15-10-28-17-14(15)8-12(23)9-27-17/h4-10,30H,11H2,1-3H3,(H,27,28)(H,29,33)(H,31,32). The Kier molecular flexibility index (Phi) is 5.30. The topological polar surface area (TPSA) is 94.2 Å². The number of alkyl halides is 3. The van der Waals surface area contributed by atoms with Gasteiger partial charge in [-0.3, -0.25) is 4.79 Å². The van der Waals surface area contributed by atoms with Gasteiger partial charge < -0.3 is 20.9 Å². The van der Waals surface area contributed by atoms with Crippen LogP contribution in [-0.4, -0.2) is 40.0 Å². The van der Waals surface area contributed by atoms with Gasteiger partial charge >= 0.3 is 6.18 Å². The Balaban J connectivity index is 1.73. The van der Waals surface area contributed by atoms with Crippen LogP contribution in [0.4, 0.5) is 23.2 Å². The van der Waals surface area contributed by atoms with E-state index in [1.165, 1.54) is 19.9 Å². The molecule has 1 aliphatic rings. The van der Waals surface area contributed by atoms with Gasteiger partial charge in [0.1, 0.15) is 29.4 Å². The van der Waals surface area contributed by atoms with Crippen LogP contribution in [0.5, 0.6) is 0 Å². The minimum atomic E-state index is -4.53. The first kappa shape index (κ1) is 22.6. The number of benzene rings is 1. The van der Waals surface area contributed by atoms with E-state index < -0.39 is 35.6 Å². The molecular formula is C22H22F4N6O. The molecule has 7 nitrogen and oxygen atoms in total. The van der Waals surface area contributed by atoms with Gasteiger partial charge in [-0.2, -0.15) is 13.2 Å². The lowest BCUT2D eigenvalue weighted by Crippen LogP contribution is -2.57. The van der Waals surface area contributed by atoms with Crippen LogP contribution in [0, 0.1) is 5.82 Å². The van der Waals surface area contributed by atoms with Crippen molar-refractivity contribution < 1.29 is 22.4 Å². The Morgan fingerprint density at radius 3 is 2.67 bits per heavy atom. The van der Waals surface area contributed by atoms with E-state index in [-0.39, 0.29) is 0 Å². The number of halogens is 4. The third-order valence-corrected chi connectivity index (χ3v) is 5.37. The monoisotopic (exact) mass is 462 g/mol. The molecule has 1 atom stereocenters. The van der Waals surface area contributed by atoms with Crippen molar-refractivity contribution in [1.82, 2.24) is 20.6 Å². The molecule has 3 aromatic rings. The van der Waals surface area contributed by atoms with Crippen molar-refractivity contribution in [2.24, 2.45) is 4.99 Å². The Morgan fingerprint density at radius 1 is 1.21 bits per heavy atom. The number of para-hydroxylation sites is 1. The zero-order valence-corrected chi connectivity index (χ0v) is 18.1. The number of nitrogens with zero attached hydrogens (tertiary/aromatic N) is 2.